The first-order valence-electron chi connectivity index (χ1n) is 10.1. The topological polar surface area (TPSA) is 45.2 Å². The molecule has 0 atom stereocenters. The molecule has 0 N–H and O–H groups in total. The molecule has 2 aromatic rings. The Morgan fingerprint density at radius 2 is 1.60 bits per heavy atom. The second-order valence-corrected chi connectivity index (χ2v) is 7.57. The zero-order chi connectivity index (χ0) is 21.5. The Balaban J connectivity index is 1.48. The molecule has 0 aromatic heterocycles. The van der Waals surface area contributed by atoms with Crippen LogP contribution in [0.4, 0.5) is 4.39 Å². The van der Waals surface area contributed by atoms with Gasteiger partial charge in [0.2, 0.25) is 5.91 Å². The van der Waals surface area contributed by atoms with Gasteiger partial charge in [-0.2, -0.15) is 0 Å². The lowest BCUT2D eigenvalue weighted by Crippen LogP contribution is -2.49. The van der Waals surface area contributed by atoms with Crippen molar-refractivity contribution in [2.24, 2.45) is 0 Å². The van der Waals surface area contributed by atoms with Crippen LogP contribution in [-0.4, -0.2) is 74.6 Å². The third kappa shape index (κ3) is 5.70. The maximum atomic E-state index is 13.6. The van der Waals surface area contributed by atoms with Crippen molar-refractivity contribution in [3.05, 3.63) is 59.4 Å². The minimum Gasteiger partial charge on any atom is -0.496 e. The van der Waals surface area contributed by atoms with Crippen LogP contribution in [0, 0.1) is 5.82 Å². The fourth-order valence-corrected chi connectivity index (χ4v) is 3.71. The van der Waals surface area contributed by atoms with Gasteiger partial charge in [-0.3, -0.25) is 14.6 Å². The Morgan fingerprint density at radius 1 is 0.967 bits per heavy atom. The van der Waals surface area contributed by atoms with E-state index in [2.05, 4.69) is 9.80 Å². The van der Waals surface area contributed by atoms with Crippen molar-refractivity contribution in [3.63, 3.8) is 0 Å². The molecule has 30 heavy (non-hydrogen) atoms. The Morgan fingerprint density at radius 3 is 2.30 bits per heavy atom. The molecule has 3 rings (SSSR count). The van der Waals surface area contributed by atoms with Crippen LogP contribution in [0.25, 0.3) is 0 Å². The van der Waals surface area contributed by atoms with Gasteiger partial charge in [0.1, 0.15) is 17.3 Å². The molecular weight excluding hydrogens is 385 g/mol. The molecule has 1 aliphatic rings. The van der Waals surface area contributed by atoms with E-state index in [4.69, 9.17) is 9.47 Å². The van der Waals surface area contributed by atoms with Gasteiger partial charge in [0.15, 0.2) is 0 Å². The first kappa shape index (κ1) is 22.1. The molecule has 0 bridgehead atoms. The maximum absolute atomic E-state index is 13.6. The fraction of sp³-hybridized carbons (Fsp3) is 0.435. The number of nitrogens with zero attached hydrogens (tertiary/aromatic N) is 3. The lowest BCUT2D eigenvalue weighted by Gasteiger charge is -2.35. The number of piperazine rings is 1. The predicted octanol–water partition coefficient (Wildman–Crippen LogP) is 2.62. The smallest absolute Gasteiger partial charge is 0.236 e. The minimum atomic E-state index is -0.256. The number of rotatable bonds is 8. The van der Waals surface area contributed by atoms with E-state index >= 15 is 0 Å². The fourth-order valence-electron chi connectivity index (χ4n) is 3.71. The third-order valence-electron chi connectivity index (χ3n) is 5.49. The summed E-state index contributed by atoms with van der Waals surface area (Å²) in [7, 11) is 5.06. The average Bonchev–Trinajstić information content (AvgIpc) is 2.75. The molecule has 1 saturated heterocycles. The molecule has 162 valence electrons. The van der Waals surface area contributed by atoms with Crippen molar-refractivity contribution in [2.45, 2.75) is 13.1 Å². The SMILES string of the molecule is COc1ccc(F)cc1CN1CCN(CC(=O)N(C)Cc2ccccc2OC)CC1. The van der Waals surface area contributed by atoms with Crippen molar-refractivity contribution >= 4 is 5.91 Å². The summed E-state index contributed by atoms with van der Waals surface area (Å²) >= 11 is 0. The van der Waals surface area contributed by atoms with Crippen LogP contribution in [0.15, 0.2) is 42.5 Å². The van der Waals surface area contributed by atoms with Crippen molar-refractivity contribution in [3.8, 4) is 11.5 Å². The molecule has 1 fully saturated rings. The summed E-state index contributed by atoms with van der Waals surface area (Å²) in [6, 6.07) is 12.3. The molecule has 1 amide bonds. The second kappa shape index (κ2) is 10.4. The maximum Gasteiger partial charge on any atom is 0.236 e. The number of hydrogen-bond acceptors (Lipinski definition) is 5. The van der Waals surface area contributed by atoms with Gasteiger partial charge in [-0.05, 0) is 24.3 Å². The number of para-hydroxylation sites is 1. The number of carbonyl (C=O) groups is 1. The molecule has 0 unspecified atom stereocenters. The minimum absolute atomic E-state index is 0.0844. The van der Waals surface area contributed by atoms with Crippen LogP contribution in [0.5, 0.6) is 11.5 Å². The monoisotopic (exact) mass is 415 g/mol. The zero-order valence-corrected chi connectivity index (χ0v) is 17.9. The van der Waals surface area contributed by atoms with Gasteiger partial charge in [0.25, 0.3) is 0 Å². The van der Waals surface area contributed by atoms with Crippen molar-refractivity contribution < 1.29 is 18.7 Å². The van der Waals surface area contributed by atoms with Crippen LogP contribution in [0.2, 0.25) is 0 Å². The van der Waals surface area contributed by atoms with Gasteiger partial charge in [0, 0.05) is 57.4 Å². The largest absolute Gasteiger partial charge is 0.496 e. The van der Waals surface area contributed by atoms with Gasteiger partial charge in [-0.1, -0.05) is 18.2 Å². The Bertz CT molecular complexity index is 853. The van der Waals surface area contributed by atoms with Crippen LogP contribution in [-0.2, 0) is 17.9 Å². The molecule has 0 radical (unpaired) electrons. The van der Waals surface area contributed by atoms with E-state index in [1.807, 2.05) is 31.3 Å². The third-order valence-corrected chi connectivity index (χ3v) is 5.49. The van der Waals surface area contributed by atoms with Gasteiger partial charge in [-0.15, -0.1) is 0 Å². The van der Waals surface area contributed by atoms with Crippen molar-refractivity contribution in [1.82, 2.24) is 14.7 Å². The molecule has 2 aromatic carbocycles. The quantitative estimate of drug-likeness (QED) is 0.663. The van der Waals surface area contributed by atoms with Gasteiger partial charge < -0.3 is 14.4 Å². The van der Waals surface area contributed by atoms with E-state index in [-0.39, 0.29) is 11.7 Å². The predicted molar refractivity (Wildman–Crippen MR) is 114 cm³/mol. The number of likely N-dealkylation sites (N-methyl/N-ethyl adjacent to an activating group) is 1. The highest BCUT2D eigenvalue weighted by Crippen LogP contribution is 2.22. The number of ether oxygens (including phenoxy) is 2. The first-order valence-corrected chi connectivity index (χ1v) is 10.1. The summed E-state index contributed by atoms with van der Waals surface area (Å²) in [5.41, 5.74) is 1.84. The van der Waals surface area contributed by atoms with E-state index in [9.17, 15) is 9.18 Å². The molecule has 0 spiro atoms. The van der Waals surface area contributed by atoms with E-state index in [0.717, 1.165) is 43.1 Å². The number of halogens is 1. The van der Waals surface area contributed by atoms with Crippen molar-refractivity contribution in [2.75, 3.05) is 54.0 Å². The van der Waals surface area contributed by atoms with E-state index < -0.39 is 0 Å². The Hall–Kier alpha value is -2.64. The van der Waals surface area contributed by atoms with Crippen LogP contribution >= 0.6 is 0 Å². The highest BCUT2D eigenvalue weighted by molar-refractivity contribution is 5.78. The lowest BCUT2D eigenvalue weighted by molar-refractivity contribution is -0.132. The van der Waals surface area contributed by atoms with Crippen LogP contribution < -0.4 is 9.47 Å². The molecular formula is C23H30FN3O3. The van der Waals surface area contributed by atoms with Gasteiger partial charge in [-0.25, -0.2) is 4.39 Å². The van der Waals surface area contributed by atoms with Crippen LogP contribution in [0.1, 0.15) is 11.1 Å². The Kier molecular flexibility index (Phi) is 7.65. The number of carbonyl (C=O) groups excluding carboxylic acids is 1. The molecule has 1 heterocycles. The number of benzene rings is 2. The first-order chi connectivity index (χ1) is 14.5. The zero-order valence-electron chi connectivity index (χ0n) is 17.9. The van der Waals surface area contributed by atoms with E-state index in [1.54, 1.807) is 25.2 Å². The van der Waals surface area contributed by atoms with Gasteiger partial charge in [0.05, 0.1) is 20.8 Å². The average molecular weight is 416 g/mol. The molecule has 0 aliphatic carbocycles. The standard InChI is InChI=1S/C23H30FN3O3/c1-25(15-18-6-4-5-7-21(18)29-2)23(28)17-27-12-10-26(11-13-27)16-19-14-20(24)8-9-22(19)30-3/h4-9,14H,10-13,15-17H2,1-3H3. The van der Waals surface area contributed by atoms with Crippen molar-refractivity contribution in [1.29, 1.82) is 0 Å². The number of methoxy groups -OCH3 is 2. The summed E-state index contributed by atoms with van der Waals surface area (Å²) in [4.78, 5) is 18.8. The summed E-state index contributed by atoms with van der Waals surface area (Å²) in [6.07, 6.45) is 0. The summed E-state index contributed by atoms with van der Waals surface area (Å²) in [5.74, 6) is 1.32. The number of amides is 1. The van der Waals surface area contributed by atoms with Crippen LogP contribution in [0.3, 0.4) is 0 Å². The highest BCUT2D eigenvalue weighted by atomic mass is 19.1. The van der Waals surface area contributed by atoms with Gasteiger partial charge >= 0.3 is 0 Å². The summed E-state index contributed by atoms with van der Waals surface area (Å²) in [6.45, 7) is 4.78. The second-order valence-electron chi connectivity index (χ2n) is 7.57. The summed E-state index contributed by atoms with van der Waals surface area (Å²) < 4.78 is 24.3. The number of hydrogen-bond donors (Lipinski definition) is 0. The Labute approximate surface area is 177 Å². The molecule has 0 saturated carbocycles. The normalized spacial score (nSPS) is 15.1. The highest BCUT2D eigenvalue weighted by Gasteiger charge is 2.22. The van der Waals surface area contributed by atoms with E-state index in [0.29, 0.717) is 25.4 Å². The lowest BCUT2D eigenvalue weighted by atomic mass is 10.1. The summed E-state index contributed by atoms with van der Waals surface area (Å²) in [5, 5.41) is 0. The van der Waals surface area contributed by atoms with E-state index in [1.165, 1.54) is 12.1 Å². The molecule has 1 aliphatic heterocycles. The molecule has 7 heteroatoms. The molecule has 6 nitrogen and oxygen atoms in total.